The molecule has 0 aliphatic heterocycles. The minimum Gasteiger partial charge on any atom is -0.307 e. The number of fused-ring (bicyclic) bond motifs is 5. The van der Waals surface area contributed by atoms with E-state index in [0.29, 0.717) is 0 Å². The summed E-state index contributed by atoms with van der Waals surface area (Å²) in [6.07, 6.45) is 9.42. The van der Waals surface area contributed by atoms with E-state index in [4.69, 9.17) is 0 Å². The van der Waals surface area contributed by atoms with Crippen molar-refractivity contribution in [2.24, 2.45) is 23.7 Å². The third-order valence-electron chi connectivity index (χ3n) is 5.43. The molecule has 2 nitrogen and oxygen atoms in total. The summed E-state index contributed by atoms with van der Waals surface area (Å²) in [5, 5.41) is 7.10. The van der Waals surface area contributed by atoms with Gasteiger partial charge in [-0.05, 0) is 49.4 Å². The van der Waals surface area contributed by atoms with Gasteiger partial charge in [0.05, 0.1) is 0 Å². The lowest BCUT2D eigenvalue weighted by Gasteiger charge is -2.32. The fraction of sp³-hybridized carbons (Fsp3) is 0.786. The first-order valence-corrected chi connectivity index (χ1v) is 7.91. The number of hydrogen-bond donors (Lipinski definition) is 1. The van der Waals surface area contributed by atoms with Crippen LogP contribution in [0, 0.1) is 23.7 Å². The van der Waals surface area contributed by atoms with Crippen LogP contribution in [0.1, 0.15) is 37.1 Å². The monoisotopic (exact) mass is 248 g/mol. The topological polar surface area (TPSA) is 24.9 Å². The average Bonchev–Trinajstić information content (AvgIpc) is 3.08. The van der Waals surface area contributed by atoms with Crippen LogP contribution >= 0.6 is 11.3 Å². The third kappa shape index (κ3) is 1.66. The average molecular weight is 248 g/mol. The molecule has 1 heterocycles. The second-order valence-electron chi connectivity index (χ2n) is 6.07. The van der Waals surface area contributed by atoms with Crippen molar-refractivity contribution in [3.63, 3.8) is 0 Å². The van der Waals surface area contributed by atoms with E-state index in [1.54, 1.807) is 11.3 Å². The molecule has 3 aliphatic rings. The summed E-state index contributed by atoms with van der Waals surface area (Å²) >= 11 is 1.77. The van der Waals surface area contributed by atoms with Crippen LogP contribution in [0.25, 0.3) is 0 Å². The molecule has 3 aliphatic carbocycles. The number of rotatable bonds is 3. The fourth-order valence-corrected chi connectivity index (χ4v) is 5.43. The Bertz CT molecular complexity index is 389. The van der Waals surface area contributed by atoms with Gasteiger partial charge in [-0.1, -0.05) is 6.42 Å². The molecule has 3 saturated carbocycles. The van der Waals surface area contributed by atoms with Gasteiger partial charge in [0.25, 0.3) is 0 Å². The molecule has 1 aromatic heterocycles. The van der Waals surface area contributed by atoms with E-state index in [1.165, 1.54) is 37.1 Å². The van der Waals surface area contributed by atoms with Gasteiger partial charge in [0.1, 0.15) is 5.01 Å². The molecule has 4 rings (SSSR count). The predicted molar refractivity (Wildman–Crippen MR) is 69.8 cm³/mol. The molecule has 3 fully saturated rings. The van der Waals surface area contributed by atoms with Gasteiger partial charge in [-0.3, -0.25) is 0 Å². The van der Waals surface area contributed by atoms with Crippen molar-refractivity contribution in [2.45, 2.75) is 44.7 Å². The van der Waals surface area contributed by atoms with Crippen molar-refractivity contribution >= 4 is 11.3 Å². The van der Waals surface area contributed by atoms with E-state index >= 15 is 0 Å². The normalized spacial score (nSPS) is 43.2. The van der Waals surface area contributed by atoms with Gasteiger partial charge in [0.15, 0.2) is 0 Å². The summed E-state index contributed by atoms with van der Waals surface area (Å²) < 4.78 is 0. The minimum absolute atomic E-state index is 0.795. The van der Waals surface area contributed by atoms with Crippen molar-refractivity contribution in [1.82, 2.24) is 10.3 Å². The highest BCUT2D eigenvalue weighted by molar-refractivity contribution is 7.09. The Balaban J connectivity index is 1.41. The molecule has 2 bridgehead atoms. The second-order valence-corrected chi connectivity index (χ2v) is 7.05. The molecule has 0 aromatic carbocycles. The molecular formula is C14H20N2S. The van der Waals surface area contributed by atoms with Gasteiger partial charge in [-0.2, -0.15) is 0 Å². The zero-order chi connectivity index (χ0) is 11.2. The molecule has 0 saturated heterocycles. The lowest BCUT2D eigenvalue weighted by molar-refractivity contribution is 0.208. The SMILES string of the molecule is c1csc(CNC2CC3CC2C2CCCC32)n1. The summed E-state index contributed by atoms with van der Waals surface area (Å²) in [5.41, 5.74) is 0. The Morgan fingerprint density at radius 1 is 1.24 bits per heavy atom. The Morgan fingerprint density at radius 2 is 2.18 bits per heavy atom. The van der Waals surface area contributed by atoms with Crippen molar-refractivity contribution in [3.8, 4) is 0 Å². The summed E-state index contributed by atoms with van der Waals surface area (Å²) in [7, 11) is 0. The standard InChI is InChI=1S/C14H20N2S/c1-2-10-9-6-12(11(10)3-1)13(7-9)16-8-14-15-4-5-17-14/h4-5,9-13,16H,1-3,6-8H2. The van der Waals surface area contributed by atoms with E-state index in [0.717, 1.165) is 36.3 Å². The lowest BCUT2D eigenvalue weighted by Crippen LogP contribution is -2.38. The van der Waals surface area contributed by atoms with Gasteiger partial charge in [-0.25, -0.2) is 4.98 Å². The first-order chi connectivity index (χ1) is 8.42. The number of nitrogens with zero attached hydrogens (tertiary/aromatic N) is 1. The largest absolute Gasteiger partial charge is 0.307 e. The predicted octanol–water partition coefficient (Wildman–Crippen LogP) is 3.06. The molecule has 0 radical (unpaired) electrons. The molecular weight excluding hydrogens is 228 g/mol. The van der Waals surface area contributed by atoms with E-state index in [-0.39, 0.29) is 0 Å². The zero-order valence-electron chi connectivity index (χ0n) is 10.1. The van der Waals surface area contributed by atoms with Crippen molar-refractivity contribution < 1.29 is 0 Å². The van der Waals surface area contributed by atoms with Crippen LogP contribution in [0.2, 0.25) is 0 Å². The Labute approximate surface area is 107 Å². The maximum atomic E-state index is 4.36. The number of nitrogens with one attached hydrogen (secondary N) is 1. The Hall–Kier alpha value is -0.410. The van der Waals surface area contributed by atoms with Gasteiger partial charge < -0.3 is 5.32 Å². The molecule has 0 spiro atoms. The van der Waals surface area contributed by atoms with E-state index in [9.17, 15) is 0 Å². The van der Waals surface area contributed by atoms with Gasteiger partial charge in [0.2, 0.25) is 0 Å². The highest BCUT2D eigenvalue weighted by Crippen LogP contribution is 2.58. The van der Waals surface area contributed by atoms with Crippen LogP contribution in [-0.2, 0) is 6.54 Å². The fourth-order valence-electron chi connectivity index (χ4n) is 4.86. The molecule has 0 amide bonds. The minimum atomic E-state index is 0.795. The van der Waals surface area contributed by atoms with Gasteiger partial charge in [0, 0.05) is 24.2 Å². The van der Waals surface area contributed by atoms with E-state index in [2.05, 4.69) is 15.7 Å². The van der Waals surface area contributed by atoms with E-state index in [1.807, 2.05) is 6.20 Å². The maximum Gasteiger partial charge on any atom is 0.106 e. The van der Waals surface area contributed by atoms with Gasteiger partial charge in [-0.15, -0.1) is 11.3 Å². The molecule has 1 N–H and O–H groups in total. The van der Waals surface area contributed by atoms with Crippen molar-refractivity contribution in [2.75, 3.05) is 0 Å². The van der Waals surface area contributed by atoms with Crippen molar-refractivity contribution in [3.05, 3.63) is 16.6 Å². The molecule has 5 unspecified atom stereocenters. The number of aromatic nitrogens is 1. The van der Waals surface area contributed by atoms with Gasteiger partial charge >= 0.3 is 0 Å². The van der Waals surface area contributed by atoms with Crippen LogP contribution in [0.15, 0.2) is 11.6 Å². The molecule has 1 aromatic rings. The molecule has 17 heavy (non-hydrogen) atoms. The zero-order valence-corrected chi connectivity index (χ0v) is 11.0. The highest BCUT2D eigenvalue weighted by atomic mass is 32.1. The van der Waals surface area contributed by atoms with E-state index < -0.39 is 0 Å². The quantitative estimate of drug-likeness (QED) is 0.889. The molecule has 92 valence electrons. The van der Waals surface area contributed by atoms with Crippen LogP contribution < -0.4 is 5.32 Å². The molecule has 3 heteroatoms. The second kappa shape index (κ2) is 4.06. The smallest absolute Gasteiger partial charge is 0.106 e. The Morgan fingerprint density at radius 3 is 3.06 bits per heavy atom. The summed E-state index contributed by atoms with van der Waals surface area (Å²) in [5.74, 6) is 4.23. The number of hydrogen-bond acceptors (Lipinski definition) is 3. The summed E-state index contributed by atoms with van der Waals surface area (Å²) in [6, 6.07) is 0.795. The van der Waals surface area contributed by atoms with Crippen molar-refractivity contribution in [1.29, 1.82) is 0 Å². The highest BCUT2D eigenvalue weighted by Gasteiger charge is 2.53. The van der Waals surface area contributed by atoms with Crippen LogP contribution in [0.5, 0.6) is 0 Å². The summed E-state index contributed by atoms with van der Waals surface area (Å²) in [4.78, 5) is 4.36. The first kappa shape index (κ1) is 10.5. The summed E-state index contributed by atoms with van der Waals surface area (Å²) in [6.45, 7) is 0.989. The lowest BCUT2D eigenvalue weighted by atomic mass is 9.79. The van der Waals surface area contributed by atoms with Crippen LogP contribution in [0.3, 0.4) is 0 Å². The van der Waals surface area contributed by atoms with Crippen LogP contribution in [0.4, 0.5) is 0 Å². The maximum absolute atomic E-state index is 4.36. The van der Waals surface area contributed by atoms with Crippen LogP contribution in [-0.4, -0.2) is 11.0 Å². The third-order valence-corrected chi connectivity index (χ3v) is 6.21. The Kier molecular flexibility index (Phi) is 2.51. The molecule has 5 atom stereocenters. The first-order valence-electron chi connectivity index (χ1n) is 7.03. The number of thiazole rings is 1.